The molecule has 1 heterocycles. The van der Waals surface area contributed by atoms with Crippen LogP contribution < -0.4 is 5.32 Å². The highest BCUT2D eigenvalue weighted by molar-refractivity contribution is 5.62. The van der Waals surface area contributed by atoms with Gasteiger partial charge in [-0.15, -0.1) is 0 Å². The van der Waals surface area contributed by atoms with Gasteiger partial charge in [0.1, 0.15) is 0 Å². The van der Waals surface area contributed by atoms with E-state index in [1.807, 2.05) is 31.4 Å². The molecule has 0 aliphatic rings. The maximum atomic E-state index is 4.38. The zero-order chi connectivity index (χ0) is 10.5. The Hall–Kier alpha value is -1.67. The lowest BCUT2D eigenvalue weighted by molar-refractivity contribution is 0.791. The average Bonchev–Trinajstić information content (AvgIpc) is 2.32. The minimum absolute atomic E-state index is 0.815. The zero-order valence-corrected chi connectivity index (χ0v) is 8.77. The highest BCUT2D eigenvalue weighted by Crippen LogP contribution is 2.17. The Kier molecular flexibility index (Phi) is 3.10. The Morgan fingerprint density at radius 2 is 1.80 bits per heavy atom. The van der Waals surface area contributed by atoms with Crippen LogP contribution in [-0.2, 0) is 6.54 Å². The zero-order valence-electron chi connectivity index (χ0n) is 8.77. The summed E-state index contributed by atoms with van der Waals surface area (Å²) in [7, 11) is 1.92. The minimum Gasteiger partial charge on any atom is -0.314 e. The molecule has 0 radical (unpaired) electrons. The van der Waals surface area contributed by atoms with Gasteiger partial charge in [0.05, 0.1) is 5.69 Å². The Labute approximate surface area is 90.0 Å². The van der Waals surface area contributed by atoms with Crippen LogP contribution in [0, 0.1) is 0 Å². The fraction of sp³-hybridized carbons (Fsp3) is 0.154. The van der Waals surface area contributed by atoms with Crippen molar-refractivity contribution in [3.63, 3.8) is 0 Å². The highest BCUT2D eigenvalue weighted by atomic mass is 14.8. The first-order valence-corrected chi connectivity index (χ1v) is 5.05. The van der Waals surface area contributed by atoms with E-state index in [2.05, 4.69) is 34.6 Å². The Balaban J connectivity index is 2.24. The van der Waals surface area contributed by atoms with Gasteiger partial charge >= 0.3 is 0 Å². The van der Waals surface area contributed by atoms with Crippen molar-refractivity contribution in [2.75, 3.05) is 7.05 Å². The van der Waals surface area contributed by atoms with Gasteiger partial charge in [-0.25, -0.2) is 0 Å². The van der Waals surface area contributed by atoms with E-state index in [9.17, 15) is 0 Å². The monoisotopic (exact) mass is 198 g/mol. The number of aromatic nitrogens is 1. The Morgan fingerprint density at radius 3 is 2.40 bits per heavy atom. The molecule has 2 rings (SSSR count). The topological polar surface area (TPSA) is 24.9 Å². The van der Waals surface area contributed by atoms with E-state index >= 15 is 0 Å². The second kappa shape index (κ2) is 4.71. The summed E-state index contributed by atoms with van der Waals surface area (Å²) in [4.78, 5) is 4.38. The molecule has 76 valence electrons. The molecule has 0 saturated heterocycles. The molecule has 0 aliphatic heterocycles. The van der Waals surface area contributed by atoms with Crippen LogP contribution in [0.4, 0.5) is 0 Å². The SMILES string of the molecule is CNCc1ccc(-c2ccccc2)cn1. The van der Waals surface area contributed by atoms with Crippen molar-refractivity contribution >= 4 is 0 Å². The fourth-order valence-electron chi connectivity index (χ4n) is 1.51. The van der Waals surface area contributed by atoms with Gasteiger partial charge in [0.25, 0.3) is 0 Å². The third kappa shape index (κ3) is 2.42. The van der Waals surface area contributed by atoms with Gasteiger partial charge in [-0.3, -0.25) is 4.98 Å². The van der Waals surface area contributed by atoms with Crippen LogP contribution in [-0.4, -0.2) is 12.0 Å². The summed E-state index contributed by atoms with van der Waals surface area (Å²) in [5, 5.41) is 3.08. The number of hydrogen-bond acceptors (Lipinski definition) is 2. The molecular weight excluding hydrogens is 184 g/mol. The van der Waals surface area contributed by atoms with Crippen molar-refractivity contribution in [3.05, 3.63) is 54.4 Å². The quantitative estimate of drug-likeness (QED) is 0.819. The number of hydrogen-bond donors (Lipinski definition) is 1. The predicted molar refractivity (Wildman–Crippen MR) is 62.4 cm³/mol. The van der Waals surface area contributed by atoms with Crippen molar-refractivity contribution in [1.82, 2.24) is 10.3 Å². The molecule has 0 fully saturated rings. The molecule has 0 bridgehead atoms. The van der Waals surface area contributed by atoms with E-state index in [1.54, 1.807) is 0 Å². The van der Waals surface area contributed by atoms with Crippen molar-refractivity contribution in [1.29, 1.82) is 0 Å². The van der Waals surface area contributed by atoms with Crippen LogP contribution in [0.25, 0.3) is 11.1 Å². The summed E-state index contributed by atoms with van der Waals surface area (Å²) in [6, 6.07) is 14.4. The average molecular weight is 198 g/mol. The Morgan fingerprint density at radius 1 is 1.00 bits per heavy atom. The normalized spacial score (nSPS) is 10.2. The third-order valence-corrected chi connectivity index (χ3v) is 2.29. The van der Waals surface area contributed by atoms with Crippen molar-refractivity contribution in [2.45, 2.75) is 6.54 Å². The van der Waals surface area contributed by atoms with Crippen LogP contribution in [0.5, 0.6) is 0 Å². The van der Waals surface area contributed by atoms with E-state index in [0.29, 0.717) is 0 Å². The number of nitrogens with one attached hydrogen (secondary N) is 1. The van der Waals surface area contributed by atoms with Gasteiger partial charge in [0.2, 0.25) is 0 Å². The van der Waals surface area contributed by atoms with Gasteiger partial charge in [0, 0.05) is 18.3 Å². The number of pyridine rings is 1. The van der Waals surface area contributed by atoms with Gasteiger partial charge in [-0.1, -0.05) is 36.4 Å². The summed E-state index contributed by atoms with van der Waals surface area (Å²) in [5.41, 5.74) is 3.44. The van der Waals surface area contributed by atoms with Crippen molar-refractivity contribution < 1.29 is 0 Å². The third-order valence-electron chi connectivity index (χ3n) is 2.29. The lowest BCUT2D eigenvalue weighted by Crippen LogP contribution is -2.06. The largest absolute Gasteiger partial charge is 0.314 e. The fourth-order valence-corrected chi connectivity index (χ4v) is 1.51. The van der Waals surface area contributed by atoms with Gasteiger partial charge < -0.3 is 5.32 Å². The van der Waals surface area contributed by atoms with E-state index in [-0.39, 0.29) is 0 Å². The second-order valence-electron chi connectivity index (χ2n) is 3.43. The van der Waals surface area contributed by atoms with E-state index in [4.69, 9.17) is 0 Å². The molecule has 15 heavy (non-hydrogen) atoms. The van der Waals surface area contributed by atoms with E-state index in [1.165, 1.54) is 5.56 Å². The molecule has 1 aromatic heterocycles. The molecular formula is C13H14N2. The van der Waals surface area contributed by atoms with Crippen LogP contribution >= 0.6 is 0 Å². The smallest absolute Gasteiger partial charge is 0.0542 e. The first-order chi connectivity index (χ1) is 7.40. The van der Waals surface area contributed by atoms with Crippen molar-refractivity contribution in [2.24, 2.45) is 0 Å². The molecule has 2 nitrogen and oxygen atoms in total. The minimum atomic E-state index is 0.815. The summed E-state index contributed by atoms with van der Waals surface area (Å²) in [5.74, 6) is 0. The number of rotatable bonds is 3. The molecule has 2 heteroatoms. The molecule has 0 atom stereocenters. The highest BCUT2D eigenvalue weighted by Gasteiger charge is 1.97. The molecule has 0 aliphatic carbocycles. The van der Waals surface area contributed by atoms with Gasteiger partial charge in [-0.05, 0) is 18.7 Å². The van der Waals surface area contributed by atoms with Crippen LogP contribution in [0.1, 0.15) is 5.69 Å². The van der Waals surface area contributed by atoms with Gasteiger partial charge in [0.15, 0.2) is 0 Å². The predicted octanol–water partition coefficient (Wildman–Crippen LogP) is 2.47. The van der Waals surface area contributed by atoms with E-state index in [0.717, 1.165) is 17.8 Å². The molecule has 0 unspecified atom stereocenters. The van der Waals surface area contributed by atoms with Gasteiger partial charge in [-0.2, -0.15) is 0 Å². The molecule has 1 N–H and O–H groups in total. The van der Waals surface area contributed by atoms with Crippen LogP contribution in [0.15, 0.2) is 48.7 Å². The summed E-state index contributed by atoms with van der Waals surface area (Å²) in [6.07, 6.45) is 1.92. The lowest BCUT2D eigenvalue weighted by Gasteiger charge is -2.02. The molecule has 0 amide bonds. The van der Waals surface area contributed by atoms with Crippen molar-refractivity contribution in [3.8, 4) is 11.1 Å². The van der Waals surface area contributed by atoms with Crippen LogP contribution in [0.2, 0.25) is 0 Å². The summed E-state index contributed by atoms with van der Waals surface area (Å²) >= 11 is 0. The number of nitrogens with zero attached hydrogens (tertiary/aromatic N) is 1. The van der Waals surface area contributed by atoms with Crippen LogP contribution in [0.3, 0.4) is 0 Å². The lowest BCUT2D eigenvalue weighted by atomic mass is 10.1. The Bertz CT molecular complexity index is 406. The number of benzene rings is 1. The molecule has 0 saturated carbocycles. The molecule has 0 spiro atoms. The first kappa shape index (κ1) is 9.87. The maximum absolute atomic E-state index is 4.38. The summed E-state index contributed by atoms with van der Waals surface area (Å²) < 4.78 is 0. The first-order valence-electron chi connectivity index (χ1n) is 5.05. The molecule has 2 aromatic rings. The maximum Gasteiger partial charge on any atom is 0.0542 e. The standard InChI is InChI=1S/C13H14N2/c1-14-10-13-8-7-12(9-15-13)11-5-3-2-4-6-11/h2-9,14H,10H2,1H3. The van der Waals surface area contributed by atoms with E-state index < -0.39 is 0 Å². The molecule has 1 aromatic carbocycles. The summed E-state index contributed by atoms with van der Waals surface area (Å²) in [6.45, 7) is 0.815. The second-order valence-corrected chi connectivity index (χ2v) is 3.43.